The van der Waals surface area contributed by atoms with Gasteiger partial charge in [-0.15, -0.1) is 0 Å². The van der Waals surface area contributed by atoms with Gasteiger partial charge in [-0.2, -0.15) is 0 Å². The summed E-state index contributed by atoms with van der Waals surface area (Å²) in [4.78, 5) is 40.3. The van der Waals surface area contributed by atoms with Crippen LogP contribution in [0.2, 0.25) is 10.0 Å². The summed E-state index contributed by atoms with van der Waals surface area (Å²) in [6.45, 7) is 3.49. The molecule has 0 aliphatic carbocycles. The molecule has 190 valence electrons. The van der Waals surface area contributed by atoms with E-state index in [0.29, 0.717) is 16.8 Å². The third kappa shape index (κ3) is 5.05. The molecule has 7 nitrogen and oxygen atoms in total. The molecule has 1 aliphatic rings. The Balaban J connectivity index is 1.88. The zero-order valence-electron chi connectivity index (χ0n) is 20.2. The fourth-order valence-corrected chi connectivity index (χ4v) is 4.75. The molecular weight excluding hydrogens is 517 g/mol. The highest BCUT2D eigenvalue weighted by Gasteiger charge is 2.47. The molecule has 0 spiro atoms. The number of methoxy groups -OCH3 is 1. The smallest absolute Gasteiger partial charge is 0.338 e. The predicted molar refractivity (Wildman–Crippen MR) is 141 cm³/mol. The summed E-state index contributed by atoms with van der Waals surface area (Å²) in [5.74, 6) is -2.62. The zero-order valence-corrected chi connectivity index (χ0v) is 21.7. The van der Waals surface area contributed by atoms with E-state index in [1.807, 2.05) is 0 Å². The summed E-state index contributed by atoms with van der Waals surface area (Å²) < 4.78 is 10.6. The van der Waals surface area contributed by atoms with E-state index in [9.17, 15) is 19.5 Å². The van der Waals surface area contributed by atoms with Gasteiger partial charge in [0.1, 0.15) is 11.5 Å². The number of anilines is 1. The van der Waals surface area contributed by atoms with Crippen molar-refractivity contribution < 1.29 is 29.0 Å². The highest BCUT2D eigenvalue weighted by Crippen LogP contribution is 2.44. The first-order valence-electron chi connectivity index (χ1n) is 11.3. The second kappa shape index (κ2) is 10.7. The number of halogens is 2. The number of nitrogens with zero attached hydrogens (tertiary/aromatic N) is 1. The molecule has 37 heavy (non-hydrogen) atoms. The van der Waals surface area contributed by atoms with E-state index in [1.54, 1.807) is 56.3 Å². The molecular formula is C28H23Cl2NO6. The summed E-state index contributed by atoms with van der Waals surface area (Å²) in [5.41, 5.74) is 1.15. The lowest BCUT2D eigenvalue weighted by Gasteiger charge is -2.25. The average Bonchev–Trinajstić information content (AvgIpc) is 3.13. The van der Waals surface area contributed by atoms with Crippen LogP contribution in [0.4, 0.5) is 5.69 Å². The van der Waals surface area contributed by atoms with E-state index in [4.69, 9.17) is 32.7 Å². The molecule has 1 aliphatic heterocycles. The predicted octanol–water partition coefficient (Wildman–Crippen LogP) is 6.19. The summed E-state index contributed by atoms with van der Waals surface area (Å²) in [6.07, 6.45) is -0.292. The Kier molecular flexibility index (Phi) is 7.57. The van der Waals surface area contributed by atoms with Gasteiger partial charge in [-0.3, -0.25) is 14.5 Å². The van der Waals surface area contributed by atoms with E-state index in [0.717, 1.165) is 0 Å². The maximum atomic E-state index is 13.4. The highest BCUT2D eigenvalue weighted by atomic mass is 35.5. The Morgan fingerprint density at radius 3 is 2.24 bits per heavy atom. The number of hydrogen-bond donors (Lipinski definition) is 1. The number of ether oxygens (including phenoxy) is 2. The number of aliphatic hydroxyl groups excluding tert-OH is 1. The quantitative estimate of drug-likeness (QED) is 0.173. The lowest BCUT2D eigenvalue weighted by Crippen LogP contribution is -2.29. The van der Waals surface area contributed by atoms with Crippen molar-refractivity contribution in [3.63, 3.8) is 0 Å². The molecule has 0 radical (unpaired) electrons. The van der Waals surface area contributed by atoms with Gasteiger partial charge >= 0.3 is 5.97 Å². The van der Waals surface area contributed by atoms with Crippen molar-refractivity contribution in [2.75, 3.05) is 12.0 Å². The second-order valence-corrected chi connectivity index (χ2v) is 9.39. The van der Waals surface area contributed by atoms with Crippen LogP contribution in [0.3, 0.4) is 0 Å². The number of carbonyl (C=O) groups is 3. The van der Waals surface area contributed by atoms with Crippen molar-refractivity contribution in [3.8, 4) is 5.75 Å². The molecule has 1 N–H and O–H groups in total. The number of ketones is 1. The number of esters is 1. The highest BCUT2D eigenvalue weighted by molar-refractivity contribution is 6.52. The van der Waals surface area contributed by atoms with Crippen LogP contribution in [-0.2, 0) is 14.3 Å². The minimum atomic E-state index is -0.975. The van der Waals surface area contributed by atoms with Crippen LogP contribution >= 0.6 is 23.2 Å². The van der Waals surface area contributed by atoms with Crippen LogP contribution in [0.5, 0.6) is 5.75 Å². The van der Waals surface area contributed by atoms with Crippen LogP contribution in [0.1, 0.15) is 41.4 Å². The number of rotatable bonds is 6. The maximum absolute atomic E-state index is 13.4. The van der Waals surface area contributed by atoms with Crippen molar-refractivity contribution in [2.24, 2.45) is 0 Å². The van der Waals surface area contributed by atoms with Crippen LogP contribution in [0, 0.1) is 0 Å². The molecule has 3 aromatic rings. The van der Waals surface area contributed by atoms with Crippen molar-refractivity contribution in [2.45, 2.75) is 26.0 Å². The molecule has 4 rings (SSSR count). The molecule has 3 aromatic carbocycles. The first kappa shape index (κ1) is 26.3. The van der Waals surface area contributed by atoms with E-state index in [1.165, 1.54) is 36.3 Å². The SMILES string of the molecule is COc1c(Cl)cc(Cl)cc1/C(O)=C1\C(=O)C(=O)N(c2ccc(C(=O)OC(C)C)cc2)C1c1ccccc1. The number of hydrogen-bond acceptors (Lipinski definition) is 6. The average molecular weight is 540 g/mol. The van der Waals surface area contributed by atoms with Gasteiger partial charge in [0, 0.05) is 10.7 Å². The minimum absolute atomic E-state index is 0.0747. The van der Waals surface area contributed by atoms with Crippen LogP contribution < -0.4 is 9.64 Å². The molecule has 0 bridgehead atoms. The minimum Gasteiger partial charge on any atom is -0.507 e. The normalized spacial score (nSPS) is 16.8. The topological polar surface area (TPSA) is 93.1 Å². The van der Waals surface area contributed by atoms with Crippen molar-refractivity contribution in [3.05, 3.63) is 99.0 Å². The van der Waals surface area contributed by atoms with Gasteiger partial charge in [-0.1, -0.05) is 53.5 Å². The molecule has 9 heteroatoms. The molecule has 1 atom stereocenters. The standard InChI is InChI=1S/C28H23Cl2NO6/c1-15(2)37-28(35)17-9-11-19(12-10-17)31-23(16-7-5-4-6-8-16)22(25(33)27(31)34)24(32)20-13-18(29)14-21(30)26(20)36-3/h4-15,23,32H,1-3H3/b24-22+. The molecule has 1 unspecified atom stereocenters. The molecule has 1 amide bonds. The molecule has 1 saturated heterocycles. The molecule has 0 aromatic heterocycles. The number of carbonyl (C=O) groups excluding carboxylic acids is 3. The zero-order chi connectivity index (χ0) is 26.9. The van der Waals surface area contributed by atoms with Crippen molar-refractivity contribution >= 4 is 52.3 Å². The summed E-state index contributed by atoms with van der Waals surface area (Å²) >= 11 is 12.4. The van der Waals surface area contributed by atoms with Gasteiger partial charge < -0.3 is 14.6 Å². The van der Waals surface area contributed by atoms with Crippen LogP contribution in [0.15, 0.2) is 72.3 Å². The second-order valence-electron chi connectivity index (χ2n) is 8.55. The maximum Gasteiger partial charge on any atom is 0.338 e. The fourth-order valence-electron chi connectivity index (χ4n) is 4.18. The Morgan fingerprint density at radius 2 is 1.65 bits per heavy atom. The number of benzene rings is 3. The van der Waals surface area contributed by atoms with Crippen molar-refractivity contribution in [1.29, 1.82) is 0 Å². The Hall–Kier alpha value is -3.81. The van der Waals surface area contributed by atoms with Crippen molar-refractivity contribution in [1.82, 2.24) is 0 Å². The van der Waals surface area contributed by atoms with E-state index in [-0.39, 0.29) is 33.0 Å². The lowest BCUT2D eigenvalue weighted by atomic mass is 9.95. The summed E-state index contributed by atoms with van der Waals surface area (Å²) in [5, 5.41) is 11.7. The number of Topliss-reactive ketones (excluding diaryl/α,β-unsaturated/α-hetero) is 1. The third-order valence-corrected chi connectivity index (χ3v) is 6.25. The van der Waals surface area contributed by atoms with Crippen LogP contribution in [-0.4, -0.2) is 36.0 Å². The number of aliphatic hydroxyl groups is 1. The molecule has 1 fully saturated rings. The number of amides is 1. The summed E-state index contributed by atoms with van der Waals surface area (Å²) in [6, 6.07) is 16.8. The Labute approximate surface area is 223 Å². The first-order valence-corrected chi connectivity index (χ1v) is 12.1. The monoisotopic (exact) mass is 539 g/mol. The van der Waals surface area contributed by atoms with Gasteiger partial charge in [0.25, 0.3) is 11.7 Å². The Morgan fingerprint density at radius 1 is 1.00 bits per heavy atom. The lowest BCUT2D eigenvalue weighted by molar-refractivity contribution is -0.132. The van der Waals surface area contributed by atoms with E-state index < -0.39 is 29.5 Å². The molecule has 1 heterocycles. The van der Waals surface area contributed by atoms with Gasteiger partial charge in [0.2, 0.25) is 0 Å². The first-order chi connectivity index (χ1) is 17.6. The Bertz CT molecular complexity index is 1400. The van der Waals surface area contributed by atoms with E-state index >= 15 is 0 Å². The van der Waals surface area contributed by atoms with Crippen LogP contribution in [0.25, 0.3) is 5.76 Å². The summed E-state index contributed by atoms with van der Waals surface area (Å²) in [7, 11) is 1.37. The van der Waals surface area contributed by atoms with Gasteiger partial charge in [-0.25, -0.2) is 4.79 Å². The fraction of sp³-hybridized carbons (Fsp3) is 0.179. The van der Waals surface area contributed by atoms with Gasteiger partial charge in [-0.05, 0) is 55.8 Å². The van der Waals surface area contributed by atoms with E-state index in [2.05, 4.69) is 0 Å². The van der Waals surface area contributed by atoms with Gasteiger partial charge in [0.05, 0.1) is 41.0 Å². The largest absolute Gasteiger partial charge is 0.507 e. The third-order valence-electron chi connectivity index (χ3n) is 5.75. The van der Waals surface area contributed by atoms with Gasteiger partial charge in [0.15, 0.2) is 0 Å². The molecule has 0 saturated carbocycles.